The van der Waals surface area contributed by atoms with Crippen molar-refractivity contribution in [1.29, 1.82) is 0 Å². The SMILES string of the molecule is Cc1nc(C)c(-c2nnc(NC(=O)COc3cccnc3)o2)s1. The molecular weight excluding hydrogens is 318 g/mol. The second kappa shape index (κ2) is 6.53. The van der Waals surface area contributed by atoms with Crippen molar-refractivity contribution in [2.75, 3.05) is 11.9 Å². The number of carbonyl (C=O) groups is 1. The molecule has 3 aromatic heterocycles. The third kappa shape index (κ3) is 3.69. The molecule has 0 saturated heterocycles. The van der Waals surface area contributed by atoms with Crippen LogP contribution in [0.1, 0.15) is 10.7 Å². The van der Waals surface area contributed by atoms with Gasteiger partial charge in [0, 0.05) is 6.20 Å². The summed E-state index contributed by atoms with van der Waals surface area (Å²) in [5, 5.41) is 11.1. The van der Waals surface area contributed by atoms with Crippen LogP contribution in [0.25, 0.3) is 10.8 Å². The molecule has 0 aliphatic heterocycles. The Morgan fingerprint density at radius 1 is 1.39 bits per heavy atom. The Kier molecular flexibility index (Phi) is 4.29. The van der Waals surface area contributed by atoms with Crippen LogP contribution in [-0.4, -0.2) is 32.7 Å². The lowest BCUT2D eigenvalue weighted by Crippen LogP contribution is -2.20. The maximum absolute atomic E-state index is 11.8. The van der Waals surface area contributed by atoms with Crippen LogP contribution >= 0.6 is 11.3 Å². The third-order valence-electron chi connectivity index (χ3n) is 2.77. The van der Waals surface area contributed by atoms with Gasteiger partial charge in [-0.25, -0.2) is 4.98 Å². The van der Waals surface area contributed by atoms with E-state index in [4.69, 9.17) is 9.15 Å². The average Bonchev–Trinajstić information content (AvgIpc) is 3.12. The first-order valence-corrected chi connectivity index (χ1v) is 7.54. The number of rotatable bonds is 5. The van der Waals surface area contributed by atoms with Crippen molar-refractivity contribution in [2.24, 2.45) is 0 Å². The van der Waals surface area contributed by atoms with Gasteiger partial charge in [0.05, 0.1) is 16.9 Å². The fraction of sp³-hybridized carbons (Fsp3) is 0.214. The number of amides is 1. The Balaban J connectivity index is 1.60. The number of anilines is 1. The highest BCUT2D eigenvalue weighted by Crippen LogP contribution is 2.29. The molecule has 3 heterocycles. The first-order valence-electron chi connectivity index (χ1n) is 6.72. The van der Waals surface area contributed by atoms with Crippen molar-refractivity contribution in [3.8, 4) is 16.5 Å². The van der Waals surface area contributed by atoms with E-state index in [-0.39, 0.29) is 12.6 Å². The van der Waals surface area contributed by atoms with Crippen LogP contribution in [0.2, 0.25) is 0 Å². The van der Waals surface area contributed by atoms with Gasteiger partial charge in [-0.1, -0.05) is 5.10 Å². The molecule has 0 spiro atoms. The van der Waals surface area contributed by atoms with Gasteiger partial charge in [-0.05, 0) is 26.0 Å². The lowest BCUT2D eigenvalue weighted by Gasteiger charge is -2.03. The zero-order chi connectivity index (χ0) is 16.2. The van der Waals surface area contributed by atoms with Gasteiger partial charge in [0.25, 0.3) is 11.8 Å². The van der Waals surface area contributed by atoms with Crippen LogP contribution in [0.5, 0.6) is 5.75 Å². The highest BCUT2D eigenvalue weighted by atomic mass is 32.1. The minimum absolute atomic E-state index is 0.0187. The molecule has 23 heavy (non-hydrogen) atoms. The van der Waals surface area contributed by atoms with Gasteiger partial charge in [0.15, 0.2) is 6.61 Å². The summed E-state index contributed by atoms with van der Waals surface area (Å²) >= 11 is 1.46. The third-order valence-corrected chi connectivity index (χ3v) is 3.83. The molecule has 1 amide bonds. The van der Waals surface area contributed by atoms with E-state index in [9.17, 15) is 4.79 Å². The Morgan fingerprint density at radius 3 is 2.96 bits per heavy atom. The average molecular weight is 331 g/mol. The molecule has 0 unspecified atom stereocenters. The summed E-state index contributed by atoms with van der Waals surface area (Å²) in [4.78, 5) is 20.8. The Labute approximate surface area is 135 Å². The summed E-state index contributed by atoms with van der Waals surface area (Å²) in [5.74, 6) is 0.433. The molecule has 118 valence electrons. The monoisotopic (exact) mass is 331 g/mol. The van der Waals surface area contributed by atoms with Crippen LogP contribution in [0.3, 0.4) is 0 Å². The number of thiazole rings is 1. The number of hydrogen-bond acceptors (Lipinski definition) is 8. The molecule has 0 fully saturated rings. The van der Waals surface area contributed by atoms with Crippen molar-refractivity contribution in [3.63, 3.8) is 0 Å². The fourth-order valence-electron chi connectivity index (χ4n) is 1.83. The van der Waals surface area contributed by atoms with Gasteiger partial charge in [-0.2, -0.15) is 0 Å². The normalized spacial score (nSPS) is 10.5. The van der Waals surface area contributed by atoms with Crippen LogP contribution in [0, 0.1) is 13.8 Å². The zero-order valence-corrected chi connectivity index (χ0v) is 13.3. The Hall–Kier alpha value is -2.81. The number of ether oxygens (including phenoxy) is 1. The summed E-state index contributed by atoms with van der Waals surface area (Å²) < 4.78 is 10.7. The van der Waals surface area contributed by atoms with Crippen molar-refractivity contribution in [3.05, 3.63) is 35.2 Å². The molecule has 0 atom stereocenters. The van der Waals surface area contributed by atoms with Gasteiger partial charge in [-0.3, -0.25) is 15.1 Å². The van der Waals surface area contributed by atoms with E-state index in [1.165, 1.54) is 17.5 Å². The summed E-state index contributed by atoms with van der Waals surface area (Å²) in [6.07, 6.45) is 3.14. The van der Waals surface area contributed by atoms with E-state index in [1.807, 2.05) is 13.8 Å². The topological polar surface area (TPSA) is 103 Å². The number of pyridine rings is 1. The summed E-state index contributed by atoms with van der Waals surface area (Å²) in [5.41, 5.74) is 0.814. The number of hydrogen-bond donors (Lipinski definition) is 1. The molecule has 0 bridgehead atoms. The Morgan fingerprint density at radius 2 is 2.26 bits per heavy atom. The highest BCUT2D eigenvalue weighted by Gasteiger charge is 2.16. The standard InChI is InChI=1S/C14H13N5O3S/c1-8-12(23-9(2)16-8)13-18-19-14(22-13)17-11(20)7-21-10-4-3-5-15-6-10/h3-6H,7H2,1-2H3,(H,17,19,20). The van der Waals surface area contributed by atoms with E-state index >= 15 is 0 Å². The second-order valence-electron chi connectivity index (χ2n) is 4.59. The maximum Gasteiger partial charge on any atom is 0.322 e. The smallest absolute Gasteiger partial charge is 0.322 e. The lowest BCUT2D eigenvalue weighted by atomic mass is 10.4. The highest BCUT2D eigenvalue weighted by molar-refractivity contribution is 7.15. The lowest BCUT2D eigenvalue weighted by molar-refractivity contribution is -0.118. The molecular formula is C14H13N5O3S. The number of carbonyl (C=O) groups excluding carboxylic acids is 1. The van der Waals surface area contributed by atoms with Crippen molar-refractivity contribution < 1.29 is 13.9 Å². The van der Waals surface area contributed by atoms with Gasteiger partial charge < -0.3 is 9.15 Å². The quantitative estimate of drug-likeness (QED) is 0.764. The van der Waals surface area contributed by atoms with Gasteiger partial charge in [-0.15, -0.1) is 16.4 Å². The molecule has 3 rings (SSSR count). The minimum Gasteiger partial charge on any atom is -0.482 e. The first kappa shape index (κ1) is 15.1. The first-order chi connectivity index (χ1) is 11.1. The molecule has 0 aliphatic carbocycles. The van der Waals surface area contributed by atoms with Crippen LogP contribution in [0.15, 0.2) is 28.9 Å². The van der Waals surface area contributed by atoms with Gasteiger partial charge >= 0.3 is 6.01 Å². The molecule has 9 heteroatoms. The van der Waals surface area contributed by atoms with Crippen molar-refractivity contribution >= 4 is 23.3 Å². The maximum atomic E-state index is 11.8. The van der Waals surface area contributed by atoms with Crippen LogP contribution < -0.4 is 10.1 Å². The molecule has 8 nitrogen and oxygen atoms in total. The Bertz CT molecular complexity index is 815. The molecule has 0 aliphatic rings. The summed E-state index contributed by atoms with van der Waals surface area (Å²) in [6, 6.07) is 3.45. The van der Waals surface area contributed by atoms with E-state index in [0.29, 0.717) is 11.6 Å². The molecule has 1 N–H and O–H groups in total. The predicted octanol–water partition coefficient (Wildman–Crippen LogP) is 2.22. The molecule has 0 radical (unpaired) electrons. The zero-order valence-electron chi connectivity index (χ0n) is 12.4. The van der Waals surface area contributed by atoms with E-state index < -0.39 is 5.91 Å². The van der Waals surface area contributed by atoms with E-state index in [2.05, 4.69) is 25.5 Å². The molecule has 0 aromatic carbocycles. The van der Waals surface area contributed by atoms with E-state index in [0.717, 1.165) is 15.6 Å². The summed E-state index contributed by atoms with van der Waals surface area (Å²) in [7, 11) is 0. The molecule has 3 aromatic rings. The van der Waals surface area contributed by atoms with Gasteiger partial charge in [0.2, 0.25) is 0 Å². The van der Waals surface area contributed by atoms with Gasteiger partial charge in [0.1, 0.15) is 10.6 Å². The number of nitrogens with one attached hydrogen (secondary N) is 1. The predicted molar refractivity (Wildman–Crippen MR) is 83.2 cm³/mol. The van der Waals surface area contributed by atoms with Crippen molar-refractivity contribution in [2.45, 2.75) is 13.8 Å². The van der Waals surface area contributed by atoms with Crippen molar-refractivity contribution in [1.82, 2.24) is 20.2 Å². The number of aryl methyl sites for hydroxylation is 2. The number of aromatic nitrogens is 4. The van der Waals surface area contributed by atoms with Crippen LogP contribution in [0.4, 0.5) is 6.01 Å². The second-order valence-corrected chi connectivity index (χ2v) is 5.79. The van der Waals surface area contributed by atoms with Crippen LogP contribution in [-0.2, 0) is 4.79 Å². The van der Waals surface area contributed by atoms with E-state index in [1.54, 1.807) is 18.3 Å². The minimum atomic E-state index is -0.402. The summed E-state index contributed by atoms with van der Waals surface area (Å²) in [6.45, 7) is 3.58. The molecule has 0 saturated carbocycles. The fourth-order valence-corrected chi connectivity index (χ4v) is 2.67. The largest absolute Gasteiger partial charge is 0.482 e. The number of nitrogens with zero attached hydrogens (tertiary/aromatic N) is 4.